The molecule has 0 saturated heterocycles. The Labute approximate surface area is 202 Å². The van der Waals surface area contributed by atoms with Gasteiger partial charge in [-0.1, -0.05) is 30.3 Å². The maximum absolute atomic E-state index is 4.76. The molecule has 3 nitrogen and oxygen atoms in total. The second-order valence-corrected chi connectivity index (χ2v) is 9.29. The Hall–Kier alpha value is -1.01. The molecular formula is C21H17Br2Cl2FeN3. The number of hydrogen-bond donors (Lipinski definition) is 0. The van der Waals surface area contributed by atoms with Crippen molar-refractivity contribution in [2.24, 2.45) is 9.98 Å². The first-order valence-corrected chi connectivity index (χ1v) is 13.0. The molecule has 0 atom stereocenters. The summed E-state index contributed by atoms with van der Waals surface area (Å²) in [5.41, 5.74) is 5.14. The van der Waals surface area contributed by atoms with Crippen LogP contribution >= 0.6 is 52.1 Å². The van der Waals surface area contributed by atoms with Crippen LogP contribution < -0.4 is 0 Å². The molecule has 8 heteroatoms. The van der Waals surface area contributed by atoms with Crippen LogP contribution in [-0.2, 0) is 13.1 Å². The van der Waals surface area contributed by atoms with E-state index in [0.717, 1.165) is 43.1 Å². The van der Waals surface area contributed by atoms with Crippen molar-refractivity contribution >= 4 is 74.9 Å². The third-order valence-corrected chi connectivity index (χ3v) is 5.11. The second-order valence-electron chi connectivity index (χ2n) is 5.76. The molecule has 0 spiro atoms. The van der Waals surface area contributed by atoms with Crippen molar-refractivity contribution < 1.29 is 13.1 Å². The van der Waals surface area contributed by atoms with E-state index < -0.39 is 0 Å². The van der Waals surface area contributed by atoms with Gasteiger partial charge in [0.2, 0.25) is 0 Å². The number of benzene rings is 2. The summed E-state index contributed by atoms with van der Waals surface area (Å²) in [6.07, 6.45) is 0. The van der Waals surface area contributed by atoms with Crippen LogP contribution in [0.4, 0.5) is 11.4 Å². The molecule has 0 aliphatic carbocycles. The molecule has 0 bridgehead atoms. The van der Waals surface area contributed by atoms with E-state index in [4.69, 9.17) is 25.2 Å². The Balaban J connectivity index is 0.000000941. The molecule has 1 heterocycles. The van der Waals surface area contributed by atoms with Crippen LogP contribution in [0.2, 0.25) is 0 Å². The van der Waals surface area contributed by atoms with E-state index in [-0.39, 0.29) is 13.1 Å². The van der Waals surface area contributed by atoms with Gasteiger partial charge in [0.15, 0.2) is 0 Å². The van der Waals surface area contributed by atoms with Gasteiger partial charge in [0, 0.05) is 8.95 Å². The first kappa shape index (κ1) is 24.3. The first-order valence-electron chi connectivity index (χ1n) is 8.39. The van der Waals surface area contributed by atoms with Crippen molar-refractivity contribution in [2.75, 3.05) is 0 Å². The maximum atomic E-state index is 4.76. The molecule has 0 unspecified atom stereocenters. The SMILES string of the molecule is CC(=Nc1ccccc1Br)c1cccc(C(C)=Nc2ccccc2Br)n1.[Cl][Fe][Cl]. The van der Waals surface area contributed by atoms with Crippen molar-refractivity contribution in [1.82, 2.24) is 4.98 Å². The number of aliphatic imine (C=N–C) groups is 2. The number of nitrogens with zero attached hydrogens (tertiary/aromatic N) is 3. The quantitative estimate of drug-likeness (QED) is 0.220. The van der Waals surface area contributed by atoms with Gasteiger partial charge in [-0.2, -0.15) is 0 Å². The Morgan fingerprint density at radius 1 is 0.724 bits per heavy atom. The number of rotatable bonds is 4. The zero-order valence-electron chi connectivity index (χ0n) is 15.6. The standard InChI is InChI=1S/C21H17Br2N3.2ClH.Fe/c1-14(24-20-10-5-3-8-16(20)22)18-12-7-13-19(26-18)15(2)25-21-11-6-4-9-17(21)23;;;/h3-13H,1-2H3;2*1H;/q;;;+2/p-2. The van der Waals surface area contributed by atoms with E-state index >= 15 is 0 Å². The molecule has 0 aliphatic heterocycles. The minimum atomic E-state index is 0.194. The molecule has 0 radical (unpaired) electrons. The van der Waals surface area contributed by atoms with Gasteiger partial charge in [-0.05, 0) is 82.1 Å². The third-order valence-electron chi connectivity index (χ3n) is 3.77. The van der Waals surface area contributed by atoms with Gasteiger partial charge in [0.05, 0.1) is 34.2 Å². The molecule has 0 aliphatic rings. The van der Waals surface area contributed by atoms with Crippen molar-refractivity contribution in [2.45, 2.75) is 13.8 Å². The van der Waals surface area contributed by atoms with Gasteiger partial charge in [0.25, 0.3) is 0 Å². The fourth-order valence-electron chi connectivity index (χ4n) is 2.40. The van der Waals surface area contributed by atoms with Gasteiger partial charge < -0.3 is 0 Å². The molecule has 3 rings (SSSR count). The number of aromatic nitrogens is 1. The Morgan fingerprint density at radius 2 is 1.10 bits per heavy atom. The number of halogens is 4. The van der Waals surface area contributed by atoms with Crippen molar-refractivity contribution in [3.05, 3.63) is 87.1 Å². The van der Waals surface area contributed by atoms with E-state index in [0.29, 0.717) is 0 Å². The van der Waals surface area contributed by atoms with E-state index in [1.807, 2.05) is 80.6 Å². The van der Waals surface area contributed by atoms with Crippen LogP contribution in [0.25, 0.3) is 0 Å². The summed E-state index contributed by atoms with van der Waals surface area (Å²) < 4.78 is 1.92. The van der Waals surface area contributed by atoms with Crippen molar-refractivity contribution in [3.8, 4) is 0 Å². The predicted octanol–water partition coefficient (Wildman–Crippen LogP) is 8.26. The predicted molar refractivity (Wildman–Crippen MR) is 128 cm³/mol. The van der Waals surface area contributed by atoms with Crippen LogP contribution in [-0.4, -0.2) is 16.4 Å². The summed E-state index contributed by atoms with van der Waals surface area (Å²) in [5, 5.41) is 0. The zero-order chi connectivity index (χ0) is 21.2. The van der Waals surface area contributed by atoms with Gasteiger partial charge in [-0.3, -0.25) is 9.98 Å². The molecule has 3 aromatic rings. The average molecular weight is 598 g/mol. The van der Waals surface area contributed by atoms with Crippen molar-refractivity contribution in [1.29, 1.82) is 0 Å². The summed E-state index contributed by atoms with van der Waals surface area (Å²) in [4.78, 5) is 14.1. The van der Waals surface area contributed by atoms with Crippen LogP contribution in [0.3, 0.4) is 0 Å². The summed E-state index contributed by atoms with van der Waals surface area (Å²) in [5.74, 6) is 0. The molecule has 0 amide bonds. The summed E-state index contributed by atoms with van der Waals surface area (Å²) in [7, 11) is 9.53. The molecule has 1 aromatic heterocycles. The Morgan fingerprint density at radius 3 is 1.48 bits per heavy atom. The van der Waals surface area contributed by atoms with Crippen LogP contribution in [0, 0.1) is 0 Å². The molecule has 152 valence electrons. The van der Waals surface area contributed by atoms with E-state index in [1.165, 1.54) is 0 Å². The molecule has 29 heavy (non-hydrogen) atoms. The first-order chi connectivity index (χ1) is 14.0. The number of pyridine rings is 1. The van der Waals surface area contributed by atoms with Gasteiger partial charge >= 0.3 is 33.3 Å². The molecule has 0 N–H and O–H groups in total. The van der Waals surface area contributed by atoms with Gasteiger partial charge in [-0.15, -0.1) is 0 Å². The molecule has 0 fully saturated rings. The second kappa shape index (κ2) is 12.6. The van der Waals surface area contributed by atoms with E-state index in [1.54, 1.807) is 0 Å². The van der Waals surface area contributed by atoms with Gasteiger partial charge in [0.1, 0.15) is 0 Å². The fraction of sp³-hybridized carbons (Fsp3) is 0.0952. The third kappa shape index (κ3) is 7.63. The van der Waals surface area contributed by atoms with Gasteiger partial charge in [-0.25, -0.2) is 4.98 Å². The Kier molecular flexibility index (Phi) is 10.6. The summed E-state index contributed by atoms with van der Waals surface area (Å²) >= 11 is 7.25. The van der Waals surface area contributed by atoms with E-state index in [9.17, 15) is 0 Å². The minimum absolute atomic E-state index is 0.194. The monoisotopic (exact) mass is 595 g/mol. The van der Waals surface area contributed by atoms with Crippen LogP contribution in [0.5, 0.6) is 0 Å². The van der Waals surface area contributed by atoms with Crippen molar-refractivity contribution in [3.63, 3.8) is 0 Å². The number of hydrogen-bond acceptors (Lipinski definition) is 3. The Bertz CT molecular complexity index is 949. The molecular weight excluding hydrogens is 581 g/mol. The summed E-state index contributed by atoms with van der Waals surface area (Å²) in [6, 6.07) is 21.7. The van der Waals surface area contributed by atoms with Crippen LogP contribution in [0.15, 0.2) is 85.7 Å². The fourth-order valence-corrected chi connectivity index (χ4v) is 3.15. The zero-order valence-corrected chi connectivity index (χ0v) is 21.3. The van der Waals surface area contributed by atoms with Crippen LogP contribution in [0.1, 0.15) is 25.2 Å². The average Bonchev–Trinajstić information content (AvgIpc) is 2.72. The van der Waals surface area contributed by atoms with E-state index in [2.05, 4.69) is 41.8 Å². The number of para-hydroxylation sites is 2. The normalized spacial score (nSPS) is 11.8. The molecule has 0 saturated carbocycles. The summed E-state index contributed by atoms with van der Waals surface area (Å²) in [6.45, 7) is 3.93. The topological polar surface area (TPSA) is 37.6 Å². The molecule has 2 aromatic carbocycles.